The highest BCUT2D eigenvalue weighted by atomic mass is 16.4. The zero-order valence-electron chi connectivity index (χ0n) is 10.2. The fraction of sp³-hybridized carbons (Fsp3) is 0.100. The molecule has 0 aliphatic heterocycles. The van der Waals surface area contributed by atoms with Gasteiger partial charge in [-0.2, -0.15) is 10.2 Å². The van der Waals surface area contributed by atoms with Crippen molar-refractivity contribution in [2.24, 2.45) is 0 Å². The van der Waals surface area contributed by atoms with E-state index in [0.29, 0.717) is 17.3 Å². The van der Waals surface area contributed by atoms with E-state index >= 15 is 0 Å². The SMILES string of the molecule is Cc1nc(-n2cc(N)c(C(=O)O)n2)cc2n[nH]c(=O)n12. The van der Waals surface area contributed by atoms with Crippen molar-refractivity contribution in [3.8, 4) is 5.82 Å². The fourth-order valence-corrected chi connectivity index (χ4v) is 1.87. The van der Waals surface area contributed by atoms with Crippen LogP contribution in [0.2, 0.25) is 0 Å². The zero-order valence-corrected chi connectivity index (χ0v) is 10.2. The van der Waals surface area contributed by atoms with Crippen molar-refractivity contribution in [1.29, 1.82) is 0 Å². The largest absolute Gasteiger partial charge is 0.476 e. The van der Waals surface area contributed by atoms with Gasteiger partial charge in [-0.25, -0.2) is 28.8 Å². The molecule has 10 nitrogen and oxygen atoms in total. The highest BCUT2D eigenvalue weighted by Crippen LogP contribution is 2.14. The van der Waals surface area contributed by atoms with Crippen molar-refractivity contribution in [3.05, 3.63) is 34.3 Å². The van der Waals surface area contributed by atoms with Gasteiger partial charge in [0.1, 0.15) is 5.82 Å². The molecule has 0 aromatic carbocycles. The molecule has 3 aromatic rings. The second-order valence-electron chi connectivity index (χ2n) is 4.07. The number of anilines is 1. The van der Waals surface area contributed by atoms with Gasteiger partial charge in [-0.15, -0.1) is 0 Å². The number of nitrogen functional groups attached to an aromatic ring is 1. The first-order valence-electron chi connectivity index (χ1n) is 5.51. The fourth-order valence-electron chi connectivity index (χ4n) is 1.87. The molecule has 20 heavy (non-hydrogen) atoms. The Hall–Kier alpha value is -3.17. The molecule has 4 N–H and O–H groups in total. The van der Waals surface area contributed by atoms with E-state index in [1.54, 1.807) is 6.92 Å². The Bertz CT molecular complexity index is 888. The lowest BCUT2D eigenvalue weighted by Crippen LogP contribution is -2.14. The van der Waals surface area contributed by atoms with Crippen LogP contribution in [0.3, 0.4) is 0 Å². The first-order valence-corrected chi connectivity index (χ1v) is 5.51. The maximum atomic E-state index is 11.5. The molecule has 10 heteroatoms. The van der Waals surface area contributed by atoms with Crippen LogP contribution >= 0.6 is 0 Å². The summed E-state index contributed by atoms with van der Waals surface area (Å²) in [5.74, 6) is -0.523. The summed E-state index contributed by atoms with van der Waals surface area (Å²) in [7, 11) is 0. The molecule has 0 fully saturated rings. The molecule has 0 saturated carbocycles. The van der Waals surface area contributed by atoms with Gasteiger partial charge < -0.3 is 10.8 Å². The van der Waals surface area contributed by atoms with Crippen molar-refractivity contribution in [3.63, 3.8) is 0 Å². The third-order valence-electron chi connectivity index (χ3n) is 2.74. The Kier molecular flexibility index (Phi) is 2.33. The molecule has 0 radical (unpaired) electrons. The maximum absolute atomic E-state index is 11.5. The number of H-pyrrole nitrogens is 1. The Morgan fingerprint density at radius 3 is 2.90 bits per heavy atom. The highest BCUT2D eigenvalue weighted by molar-refractivity contribution is 5.91. The molecule has 3 heterocycles. The summed E-state index contributed by atoms with van der Waals surface area (Å²) in [5.41, 5.74) is 5.28. The van der Waals surface area contributed by atoms with Gasteiger partial charge in [-0.1, -0.05) is 0 Å². The molecule has 0 aliphatic rings. The van der Waals surface area contributed by atoms with Gasteiger partial charge in [0.25, 0.3) is 0 Å². The zero-order chi connectivity index (χ0) is 14.4. The average molecular weight is 275 g/mol. The number of carboxylic acid groups (broad SMARTS) is 1. The van der Waals surface area contributed by atoms with Crippen molar-refractivity contribution < 1.29 is 9.90 Å². The third-order valence-corrected chi connectivity index (χ3v) is 2.74. The highest BCUT2D eigenvalue weighted by Gasteiger charge is 2.16. The first-order chi connectivity index (χ1) is 9.47. The maximum Gasteiger partial charge on any atom is 0.358 e. The molecule has 0 spiro atoms. The third kappa shape index (κ3) is 1.62. The number of aryl methyl sites for hydroxylation is 1. The Balaban J connectivity index is 2.22. The van der Waals surface area contributed by atoms with Gasteiger partial charge in [0, 0.05) is 6.07 Å². The normalized spacial score (nSPS) is 11.1. The lowest BCUT2D eigenvalue weighted by Gasteiger charge is -2.02. The monoisotopic (exact) mass is 275 g/mol. The number of aromatic carboxylic acids is 1. The quantitative estimate of drug-likeness (QED) is 0.554. The van der Waals surface area contributed by atoms with Gasteiger partial charge >= 0.3 is 11.7 Å². The minimum Gasteiger partial charge on any atom is -0.476 e. The Labute approximate surface area is 110 Å². The number of fused-ring (bicyclic) bond motifs is 1. The van der Waals surface area contributed by atoms with Crippen LogP contribution in [0.5, 0.6) is 0 Å². The van der Waals surface area contributed by atoms with Crippen LogP contribution in [-0.2, 0) is 0 Å². The summed E-state index contributed by atoms with van der Waals surface area (Å²) in [6.45, 7) is 1.62. The molecule has 0 atom stereocenters. The van der Waals surface area contributed by atoms with E-state index in [0.717, 1.165) is 0 Å². The van der Waals surface area contributed by atoms with Gasteiger partial charge in [0.2, 0.25) is 0 Å². The summed E-state index contributed by atoms with van der Waals surface area (Å²) in [5, 5.41) is 18.9. The Morgan fingerprint density at radius 2 is 2.25 bits per heavy atom. The molecule has 102 valence electrons. The number of nitrogens with one attached hydrogen (secondary N) is 1. The van der Waals surface area contributed by atoms with E-state index in [-0.39, 0.29) is 11.4 Å². The lowest BCUT2D eigenvalue weighted by atomic mass is 10.4. The predicted molar refractivity (Wildman–Crippen MR) is 66.8 cm³/mol. The minimum absolute atomic E-state index is 0.0243. The van der Waals surface area contributed by atoms with Gasteiger partial charge in [0.05, 0.1) is 11.9 Å². The topological polar surface area (TPSA) is 144 Å². The predicted octanol–water partition coefficient (Wildman–Crippen LogP) is -0.808. The number of hydrogen-bond donors (Lipinski definition) is 3. The van der Waals surface area contributed by atoms with Crippen molar-refractivity contribution in [2.45, 2.75) is 6.92 Å². The number of carbonyl (C=O) groups is 1. The van der Waals surface area contributed by atoms with Crippen LogP contribution < -0.4 is 11.4 Å². The van der Waals surface area contributed by atoms with E-state index in [4.69, 9.17) is 10.8 Å². The molecule has 3 rings (SSSR count). The van der Waals surface area contributed by atoms with Crippen molar-refractivity contribution in [1.82, 2.24) is 29.4 Å². The minimum atomic E-state index is -1.23. The van der Waals surface area contributed by atoms with Crippen LogP contribution in [0, 0.1) is 6.92 Å². The van der Waals surface area contributed by atoms with Crippen LogP contribution in [0.4, 0.5) is 5.69 Å². The van der Waals surface area contributed by atoms with Crippen LogP contribution in [-0.4, -0.2) is 40.4 Å². The van der Waals surface area contributed by atoms with E-state index < -0.39 is 11.7 Å². The standard InChI is InChI=1S/C10H9N7O3/c1-4-12-6(2-7-13-14-10(20)17(4)7)16-3-5(11)8(15-16)9(18)19/h2-3H,11H2,1H3,(H,14,20)(H,18,19). The van der Waals surface area contributed by atoms with Crippen LogP contribution in [0.1, 0.15) is 16.3 Å². The van der Waals surface area contributed by atoms with E-state index in [1.807, 2.05) is 0 Å². The number of nitrogens with two attached hydrogens (primary N) is 1. The Morgan fingerprint density at radius 1 is 1.50 bits per heavy atom. The molecule has 0 unspecified atom stereocenters. The summed E-state index contributed by atoms with van der Waals surface area (Å²) < 4.78 is 2.51. The van der Waals surface area contributed by atoms with Crippen LogP contribution in [0.25, 0.3) is 11.5 Å². The summed E-state index contributed by atoms with van der Waals surface area (Å²) in [6.07, 6.45) is 1.34. The van der Waals surface area contributed by atoms with E-state index in [9.17, 15) is 9.59 Å². The molecule has 3 aromatic heterocycles. The molecule has 0 amide bonds. The summed E-state index contributed by atoms with van der Waals surface area (Å²) in [4.78, 5) is 26.6. The van der Waals surface area contributed by atoms with Gasteiger partial charge in [-0.3, -0.25) is 0 Å². The number of hydrogen-bond acceptors (Lipinski definition) is 6. The average Bonchev–Trinajstić information content (AvgIpc) is 2.93. The summed E-state index contributed by atoms with van der Waals surface area (Å²) in [6, 6.07) is 1.49. The van der Waals surface area contributed by atoms with Crippen molar-refractivity contribution >= 4 is 17.3 Å². The number of carboxylic acids is 1. The first kappa shape index (κ1) is 11.9. The molecule has 0 bridgehead atoms. The molecular formula is C10H9N7O3. The second kappa shape index (κ2) is 3.91. The second-order valence-corrected chi connectivity index (χ2v) is 4.07. The smallest absolute Gasteiger partial charge is 0.358 e. The number of rotatable bonds is 2. The lowest BCUT2D eigenvalue weighted by molar-refractivity contribution is 0.0691. The number of nitrogens with zero attached hydrogens (tertiary/aromatic N) is 5. The van der Waals surface area contributed by atoms with Gasteiger partial charge in [0.15, 0.2) is 17.2 Å². The van der Waals surface area contributed by atoms with Crippen LogP contribution in [0.15, 0.2) is 17.1 Å². The van der Waals surface area contributed by atoms with Gasteiger partial charge in [-0.05, 0) is 6.92 Å². The van der Waals surface area contributed by atoms with Crippen molar-refractivity contribution in [2.75, 3.05) is 5.73 Å². The molecule has 0 saturated heterocycles. The molecular weight excluding hydrogens is 266 g/mol. The summed E-state index contributed by atoms with van der Waals surface area (Å²) >= 11 is 0. The number of aromatic amines is 1. The van der Waals surface area contributed by atoms with E-state index in [1.165, 1.54) is 21.3 Å². The number of aromatic nitrogens is 6. The van der Waals surface area contributed by atoms with E-state index in [2.05, 4.69) is 20.3 Å². The molecule has 0 aliphatic carbocycles.